The van der Waals surface area contributed by atoms with Gasteiger partial charge >= 0.3 is 0 Å². The molecule has 0 aliphatic heterocycles. The van der Waals surface area contributed by atoms with Crippen molar-refractivity contribution in [3.8, 4) is 16.9 Å². The van der Waals surface area contributed by atoms with Crippen molar-refractivity contribution in [3.63, 3.8) is 0 Å². The Bertz CT molecular complexity index is 980. The number of Topliss-reactive ketones (excluding diaryl/α,β-unsaturated/α-hetero) is 1. The molecule has 3 aromatic rings. The summed E-state index contributed by atoms with van der Waals surface area (Å²) in [5.74, 6) is 1.80. The van der Waals surface area contributed by atoms with Crippen LogP contribution in [0.15, 0.2) is 72.8 Å². The normalized spacial score (nSPS) is 16.0. The van der Waals surface area contributed by atoms with Crippen LogP contribution in [0.2, 0.25) is 0 Å². The van der Waals surface area contributed by atoms with Crippen LogP contribution in [0.1, 0.15) is 36.0 Å². The average molecular weight is 400 g/mol. The highest BCUT2D eigenvalue weighted by atomic mass is 16.5. The van der Waals surface area contributed by atoms with E-state index in [-0.39, 0.29) is 0 Å². The Morgan fingerprint density at radius 2 is 1.77 bits per heavy atom. The molecule has 4 rings (SSSR count). The van der Waals surface area contributed by atoms with E-state index in [1.807, 2.05) is 18.2 Å². The number of benzene rings is 3. The largest absolute Gasteiger partial charge is 0.489 e. The Balaban J connectivity index is 1.30. The van der Waals surface area contributed by atoms with Gasteiger partial charge in [-0.05, 0) is 65.8 Å². The molecule has 0 heterocycles. The Morgan fingerprint density at radius 3 is 2.50 bits per heavy atom. The van der Waals surface area contributed by atoms with Gasteiger partial charge in [-0.2, -0.15) is 0 Å². The molecule has 1 aliphatic carbocycles. The van der Waals surface area contributed by atoms with Gasteiger partial charge in [0.15, 0.2) is 0 Å². The first kappa shape index (κ1) is 20.4. The monoisotopic (exact) mass is 399 g/mol. The van der Waals surface area contributed by atoms with E-state index in [2.05, 4.69) is 66.8 Å². The Labute approximate surface area is 179 Å². The number of ketones is 1. The van der Waals surface area contributed by atoms with Crippen molar-refractivity contribution < 1.29 is 9.53 Å². The predicted octanol–water partition coefficient (Wildman–Crippen LogP) is 5.70. The van der Waals surface area contributed by atoms with E-state index >= 15 is 0 Å². The van der Waals surface area contributed by atoms with Gasteiger partial charge in [0.25, 0.3) is 0 Å². The van der Waals surface area contributed by atoms with Crippen molar-refractivity contribution in [2.45, 2.75) is 39.3 Å². The molecule has 1 unspecified atom stereocenters. The third kappa shape index (κ3) is 5.17. The van der Waals surface area contributed by atoms with Crippen LogP contribution >= 0.6 is 0 Å². The summed E-state index contributed by atoms with van der Waals surface area (Å²) in [6.45, 7) is 4.46. The molecule has 0 aromatic heterocycles. The zero-order valence-electron chi connectivity index (χ0n) is 17.6. The van der Waals surface area contributed by atoms with Gasteiger partial charge in [0, 0.05) is 19.4 Å². The molecule has 0 radical (unpaired) electrons. The van der Waals surface area contributed by atoms with Crippen LogP contribution in [0, 0.1) is 12.8 Å². The Hall–Kier alpha value is -2.91. The van der Waals surface area contributed by atoms with E-state index in [1.165, 1.54) is 27.8 Å². The van der Waals surface area contributed by atoms with E-state index in [0.717, 1.165) is 38.1 Å². The fourth-order valence-electron chi connectivity index (χ4n) is 4.12. The fraction of sp³-hybridized carbons (Fsp3) is 0.296. The molecular weight excluding hydrogens is 370 g/mol. The lowest BCUT2D eigenvalue weighted by molar-refractivity contribution is -0.117. The molecular formula is C27H29NO2. The van der Waals surface area contributed by atoms with Crippen LogP contribution in [0.3, 0.4) is 0 Å². The lowest BCUT2D eigenvalue weighted by Gasteiger charge is -2.13. The minimum absolute atomic E-state index is 0.410. The summed E-state index contributed by atoms with van der Waals surface area (Å²) in [6.07, 6.45) is 2.53. The van der Waals surface area contributed by atoms with E-state index < -0.39 is 0 Å². The van der Waals surface area contributed by atoms with Gasteiger partial charge in [0.1, 0.15) is 18.1 Å². The summed E-state index contributed by atoms with van der Waals surface area (Å²) in [6, 6.07) is 25.1. The van der Waals surface area contributed by atoms with Crippen LogP contribution < -0.4 is 10.1 Å². The van der Waals surface area contributed by atoms with Crippen LogP contribution in [-0.4, -0.2) is 12.3 Å². The fourth-order valence-corrected chi connectivity index (χ4v) is 4.12. The molecule has 154 valence electrons. The minimum Gasteiger partial charge on any atom is -0.489 e. The quantitative estimate of drug-likeness (QED) is 0.528. The summed E-state index contributed by atoms with van der Waals surface area (Å²) in [4.78, 5) is 11.4. The number of rotatable bonds is 8. The molecule has 1 atom stereocenters. The molecule has 0 amide bonds. The SMILES string of the molecule is Cc1c(COc2ccc(CNCC3CCC(=O)C3)cc2)cccc1-c1ccccc1. The summed E-state index contributed by atoms with van der Waals surface area (Å²) in [5.41, 5.74) is 6.18. The zero-order chi connectivity index (χ0) is 20.8. The maximum Gasteiger partial charge on any atom is 0.133 e. The van der Waals surface area contributed by atoms with Crippen molar-refractivity contribution in [2.24, 2.45) is 5.92 Å². The number of ether oxygens (including phenoxy) is 1. The van der Waals surface area contributed by atoms with E-state index in [1.54, 1.807) is 0 Å². The molecule has 1 aliphatic rings. The molecule has 0 bridgehead atoms. The van der Waals surface area contributed by atoms with Gasteiger partial charge in [0.2, 0.25) is 0 Å². The lowest BCUT2D eigenvalue weighted by Crippen LogP contribution is -2.21. The maximum absolute atomic E-state index is 11.4. The first-order chi connectivity index (χ1) is 14.7. The zero-order valence-corrected chi connectivity index (χ0v) is 17.6. The second kappa shape index (κ2) is 9.73. The molecule has 3 aromatic carbocycles. The van der Waals surface area contributed by atoms with E-state index in [9.17, 15) is 4.79 Å². The van der Waals surface area contributed by atoms with E-state index in [0.29, 0.717) is 18.3 Å². The van der Waals surface area contributed by atoms with Gasteiger partial charge in [0.05, 0.1) is 0 Å². The van der Waals surface area contributed by atoms with Crippen LogP contribution in [0.4, 0.5) is 0 Å². The first-order valence-corrected chi connectivity index (χ1v) is 10.8. The second-order valence-corrected chi connectivity index (χ2v) is 8.17. The highest BCUT2D eigenvalue weighted by molar-refractivity contribution is 5.80. The molecule has 0 spiro atoms. The van der Waals surface area contributed by atoms with Crippen molar-refractivity contribution in [1.82, 2.24) is 5.32 Å². The number of carbonyl (C=O) groups excluding carboxylic acids is 1. The molecule has 1 N–H and O–H groups in total. The predicted molar refractivity (Wildman–Crippen MR) is 121 cm³/mol. The van der Waals surface area contributed by atoms with Gasteiger partial charge in [-0.1, -0.05) is 60.7 Å². The van der Waals surface area contributed by atoms with Crippen LogP contribution in [-0.2, 0) is 17.9 Å². The van der Waals surface area contributed by atoms with Crippen LogP contribution in [0.25, 0.3) is 11.1 Å². The van der Waals surface area contributed by atoms with Gasteiger partial charge in [-0.25, -0.2) is 0 Å². The summed E-state index contributed by atoms with van der Waals surface area (Å²) >= 11 is 0. The number of carbonyl (C=O) groups is 1. The van der Waals surface area contributed by atoms with Gasteiger partial charge in [-0.15, -0.1) is 0 Å². The molecule has 0 saturated heterocycles. The van der Waals surface area contributed by atoms with Gasteiger partial charge < -0.3 is 10.1 Å². The third-order valence-corrected chi connectivity index (χ3v) is 5.96. The minimum atomic E-state index is 0.410. The molecule has 1 fully saturated rings. The Kier molecular flexibility index (Phi) is 6.60. The Morgan fingerprint density at radius 1 is 0.967 bits per heavy atom. The summed E-state index contributed by atoms with van der Waals surface area (Å²) in [7, 11) is 0. The molecule has 1 saturated carbocycles. The first-order valence-electron chi connectivity index (χ1n) is 10.8. The summed E-state index contributed by atoms with van der Waals surface area (Å²) in [5, 5.41) is 3.48. The lowest BCUT2D eigenvalue weighted by atomic mass is 9.97. The third-order valence-electron chi connectivity index (χ3n) is 5.96. The second-order valence-electron chi connectivity index (χ2n) is 8.17. The number of hydrogen-bond acceptors (Lipinski definition) is 3. The van der Waals surface area contributed by atoms with Crippen molar-refractivity contribution >= 4 is 5.78 Å². The highest BCUT2D eigenvalue weighted by Crippen LogP contribution is 2.26. The van der Waals surface area contributed by atoms with Crippen molar-refractivity contribution in [2.75, 3.05) is 6.54 Å². The topological polar surface area (TPSA) is 38.3 Å². The maximum atomic E-state index is 11.4. The molecule has 3 heteroatoms. The van der Waals surface area contributed by atoms with E-state index in [4.69, 9.17) is 4.74 Å². The molecule has 30 heavy (non-hydrogen) atoms. The summed E-state index contributed by atoms with van der Waals surface area (Å²) < 4.78 is 6.06. The van der Waals surface area contributed by atoms with Crippen LogP contribution in [0.5, 0.6) is 5.75 Å². The van der Waals surface area contributed by atoms with Crippen molar-refractivity contribution in [3.05, 3.63) is 89.5 Å². The van der Waals surface area contributed by atoms with Gasteiger partial charge in [-0.3, -0.25) is 4.79 Å². The van der Waals surface area contributed by atoms with Crippen molar-refractivity contribution in [1.29, 1.82) is 0 Å². The average Bonchev–Trinajstić information content (AvgIpc) is 3.19. The number of hydrogen-bond donors (Lipinski definition) is 1. The standard InChI is InChI=1S/C27H29NO2/c1-20-24(8-5-9-27(20)23-6-3-2-4-7-23)19-30-26-14-11-21(12-15-26)17-28-18-22-10-13-25(29)16-22/h2-9,11-12,14-15,22,28H,10,13,16-19H2,1H3. The highest BCUT2D eigenvalue weighted by Gasteiger charge is 2.21. The smallest absolute Gasteiger partial charge is 0.133 e. The number of nitrogens with one attached hydrogen (secondary N) is 1. The molecule has 3 nitrogen and oxygen atoms in total.